The van der Waals surface area contributed by atoms with E-state index in [1.54, 1.807) is 0 Å². The maximum absolute atomic E-state index is 12.2. The summed E-state index contributed by atoms with van der Waals surface area (Å²) in [6.07, 6.45) is 2.79. The van der Waals surface area contributed by atoms with Gasteiger partial charge in [0.1, 0.15) is 17.5 Å². The van der Waals surface area contributed by atoms with Crippen LogP contribution in [0.2, 0.25) is 0 Å². The molecule has 6 heteroatoms. The lowest BCUT2D eigenvalue weighted by Gasteiger charge is -2.26. The molecule has 1 saturated heterocycles. The average Bonchev–Trinajstić information content (AvgIpc) is 3.01. The zero-order valence-electron chi connectivity index (χ0n) is 16.7. The van der Waals surface area contributed by atoms with Crippen LogP contribution in [-0.2, 0) is 20.7 Å². The number of unbranched alkanes of at least 4 members (excludes halogenated alkanes) is 1. The quantitative estimate of drug-likeness (QED) is 0.547. The molecule has 1 heterocycles. The number of alkyl carbamates (subject to hydrolysis) is 1. The molecule has 1 aliphatic heterocycles. The summed E-state index contributed by atoms with van der Waals surface area (Å²) in [4.78, 5) is 23.7. The Morgan fingerprint density at radius 3 is 2.56 bits per heavy atom. The van der Waals surface area contributed by atoms with Gasteiger partial charge in [0, 0.05) is 6.42 Å². The maximum atomic E-state index is 12.2. The van der Waals surface area contributed by atoms with Gasteiger partial charge in [0.2, 0.25) is 0 Å². The Kier molecular flexibility index (Phi) is 7.51. The SMILES string of the molecule is CCCCOc1ccc(C[C@H](NC(=O)OC(C)(C)C)[C@@H]2CCC(=O)O2)cc1. The summed E-state index contributed by atoms with van der Waals surface area (Å²) in [7, 11) is 0. The first-order chi connectivity index (χ1) is 12.8. The van der Waals surface area contributed by atoms with Gasteiger partial charge < -0.3 is 19.5 Å². The van der Waals surface area contributed by atoms with Crippen molar-refractivity contribution in [1.82, 2.24) is 5.32 Å². The number of ether oxygens (including phenoxy) is 3. The Labute approximate surface area is 161 Å². The largest absolute Gasteiger partial charge is 0.494 e. The number of rotatable bonds is 8. The number of hydrogen-bond donors (Lipinski definition) is 1. The fraction of sp³-hybridized carbons (Fsp3) is 0.619. The highest BCUT2D eigenvalue weighted by atomic mass is 16.6. The van der Waals surface area contributed by atoms with Crippen LogP contribution in [0.15, 0.2) is 24.3 Å². The highest BCUT2D eigenvalue weighted by Gasteiger charge is 2.33. The summed E-state index contributed by atoms with van der Waals surface area (Å²) in [5, 5.41) is 2.87. The molecule has 1 aromatic carbocycles. The molecule has 2 rings (SSSR count). The summed E-state index contributed by atoms with van der Waals surface area (Å²) in [6, 6.07) is 7.47. The fourth-order valence-corrected chi connectivity index (χ4v) is 2.87. The molecule has 0 bridgehead atoms. The van der Waals surface area contributed by atoms with Crippen molar-refractivity contribution in [3.8, 4) is 5.75 Å². The van der Waals surface area contributed by atoms with Gasteiger partial charge in [0.15, 0.2) is 0 Å². The van der Waals surface area contributed by atoms with E-state index in [1.807, 2.05) is 45.0 Å². The third kappa shape index (κ3) is 7.49. The first-order valence-corrected chi connectivity index (χ1v) is 9.67. The van der Waals surface area contributed by atoms with Crippen molar-refractivity contribution in [2.45, 2.75) is 77.5 Å². The second-order valence-corrected chi connectivity index (χ2v) is 7.87. The molecule has 1 aliphatic rings. The van der Waals surface area contributed by atoms with Crippen LogP contribution >= 0.6 is 0 Å². The van der Waals surface area contributed by atoms with Crippen molar-refractivity contribution in [2.75, 3.05) is 6.61 Å². The summed E-state index contributed by atoms with van der Waals surface area (Å²) in [5.74, 6) is 0.604. The molecule has 0 aromatic heterocycles. The van der Waals surface area contributed by atoms with Crippen LogP contribution in [0.4, 0.5) is 4.79 Å². The van der Waals surface area contributed by atoms with Crippen molar-refractivity contribution in [3.63, 3.8) is 0 Å². The van der Waals surface area contributed by atoms with Crippen LogP contribution in [0.25, 0.3) is 0 Å². The van der Waals surface area contributed by atoms with E-state index in [0.29, 0.717) is 25.9 Å². The third-order valence-electron chi connectivity index (χ3n) is 4.21. The number of esters is 1. The zero-order chi connectivity index (χ0) is 19.9. The van der Waals surface area contributed by atoms with E-state index in [4.69, 9.17) is 14.2 Å². The molecule has 27 heavy (non-hydrogen) atoms. The lowest BCUT2D eigenvalue weighted by atomic mass is 9.99. The monoisotopic (exact) mass is 377 g/mol. The standard InChI is InChI=1S/C21H31NO5/c1-5-6-13-25-16-9-7-15(8-10-16)14-17(18-11-12-19(23)26-18)22-20(24)27-21(2,3)4/h7-10,17-18H,5-6,11-14H2,1-4H3,(H,22,24)/t17-,18-/m0/s1. The van der Waals surface area contributed by atoms with Gasteiger partial charge in [-0.3, -0.25) is 4.79 Å². The van der Waals surface area contributed by atoms with E-state index in [1.165, 1.54) is 0 Å². The molecule has 0 radical (unpaired) electrons. The van der Waals surface area contributed by atoms with Gasteiger partial charge >= 0.3 is 12.1 Å². The molecule has 150 valence electrons. The number of cyclic esters (lactones) is 1. The number of benzene rings is 1. The number of hydrogen-bond acceptors (Lipinski definition) is 5. The first-order valence-electron chi connectivity index (χ1n) is 9.67. The second-order valence-electron chi connectivity index (χ2n) is 7.87. The van der Waals surface area contributed by atoms with Crippen LogP contribution < -0.4 is 10.1 Å². The van der Waals surface area contributed by atoms with Gasteiger partial charge in [-0.05, 0) is 57.7 Å². The molecule has 1 N–H and O–H groups in total. The zero-order valence-corrected chi connectivity index (χ0v) is 16.7. The third-order valence-corrected chi connectivity index (χ3v) is 4.21. The molecular weight excluding hydrogens is 346 g/mol. The Bertz CT molecular complexity index is 620. The molecule has 0 saturated carbocycles. The molecule has 1 fully saturated rings. The number of carbonyl (C=O) groups is 2. The second kappa shape index (κ2) is 9.62. The van der Waals surface area contributed by atoms with Gasteiger partial charge in [-0.2, -0.15) is 0 Å². The Morgan fingerprint density at radius 2 is 2.00 bits per heavy atom. The normalized spacial score (nSPS) is 17.9. The van der Waals surface area contributed by atoms with Gasteiger partial charge in [-0.25, -0.2) is 4.79 Å². The van der Waals surface area contributed by atoms with Gasteiger partial charge in [-0.15, -0.1) is 0 Å². The molecule has 0 spiro atoms. The lowest BCUT2D eigenvalue weighted by Crippen LogP contribution is -2.46. The van der Waals surface area contributed by atoms with Crippen molar-refractivity contribution < 1.29 is 23.8 Å². The van der Waals surface area contributed by atoms with Gasteiger partial charge in [0.05, 0.1) is 12.6 Å². The topological polar surface area (TPSA) is 73.9 Å². The van der Waals surface area contributed by atoms with Crippen molar-refractivity contribution >= 4 is 12.1 Å². The lowest BCUT2D eigenvalue weighted by molar-refractivity contribution is -0.142. The highest BCUT2D eigenvalue weighted by molar-refractivity contribution is 5.72. The fourth-order valence-electron chi connectivity index (χ4n) is 2.87. The van der Waals surface area contributed by atoms with E-state index < -0.39 is 11.7 Å². The molecule has 6 nitrogen and oxygen atoms in total. The smallest absolute Gasteiger partial charge is 0.408 e. The minimum Gasteiger partial charge on any atom is -0.494 e. The van der Waals surface area contributed by atoms with E-state index >= 15 is 0 Å². The minimum atomic E-state index is -0.585. The predicted molar refractivity (Wildman–Crippen MR) is 103 cm³/mol. The molecular formula is C21H31NO5. The average molecular weight is 377 g/mol. The number of nitrogens with one attached hydrogen (secondary N) is 1. The maximum Gasteiger partial charge on any atom is 0.408 e. The van der Waals surface area contributed by atoms with Crippen LogP contribution in [0, 0.1) is 0 Å². The molecule has 0 unspecified atom stereocenters. The van der Waals surface area contributed by atoms with Gasteiger partial charge in [0.25, 0.3) is 0 Å². The van der Waals surface area contributed by atoms with Crippen LogP contribution in [0.1, 0.15) is 58.9 Å². The van der Waals surface area contributed by atoms with Crippen LogP contribution in [-0.4, -0.2) is 36.4 Å². The predicted octanol–water partition coefficient (Wildman–Crippen LogP) is 4.01. The van der Waals surface area contributed by atoms with Crippen LogP contribution in [0.3, 0.4) is 0 Å². The van der Waals surface area contributed by atoms with Crippen molar-refractivity contribution in [2.24, 2.45) is 0 Å². The van der Waals surface area contributed by atoms with E-state index in [9.17, 15) is 9.59 Å². The molecule has 1 amide bonds. The number of carbonyl (C=O) groups excluding carboxylic acids is 2. The van der Waals surface area contributed by atoms with Crippen molar-refractivity contribution in [1.29, 1.82) is 0 Å². The van der Waals surface area contributed by atoms with E-state index in [0.717, 1.165) is 24.2 Å². The van der Waals surface area contributed by atoms with Gasteiger partial charge in [-0.1, -0.05) is 25.5 Å². The summed E-state index contributed by atoms with van der Waals surface area (Å²) in [6.45, 7) is 8.27. The first kappa shape index (κ1) is 21.1. The molecule has 2 atom stereocenters. The van der Waals surface area contributed by atoms with E-state index in [2.05, 4.69) is 12.2 Å². The molecule has 0 aliphatic carbocycles. The Hall–Kier alpha value is -2.24. The summed E-state index contributed by atoms with van der Waals surface area (Å²) < 4.78 is 16.4. The van der Waals surface area contributed by atoms with Crippen LogP contribution in [0.5, 0.6) is 5.75 Å². The number of amides is 1. The summed E-state index contributed by atoms with van der Waals surface area (Å²) in [5.41, 5.74) is 0.445. The Balaban J connectivity index is 2.00. The summed E-state index contributed by atoms with van der Waals surface area (Å²) >= 11 is 0. The van der Waals surface area contributed by atoms with E-state index in [-0.39, 0.29) is 18.1 Å². The molecule has 1 aromatic rings. The van der Waals surface area contributed by atoms with Crippen molar-refractivity contribution in [3.05, 3.63) is 29.8 Å². The Morgan fingerprint density at radius 1 is 1.30 bits per heavy atom. The minimum absolute atomic E-state index is 0.226. The highest BCUT2D eigenvalue weighted by Crippen LogP contribution is 2.22.